The summed E-state index contributed by atoms with van der Waals surface area (Å²) in [5, 5.41) is 5.46. The van der Waals surface area contributed by atoms with Crippen molar-refractivity contribution in [3.63, 3.8) is 0 Å². The first-order valence-corrected chi connectivity index (χ1v) is 11.2. The number of aromatic nitrogens is 1. The zero-order valence-electron chi connectivity index (χ0n) is 18.0. The summed E-state index contributed by atoms with van der Waals surface area (Å²) in [5.74, 6) is 0.898. The molecule has 1 saturated heterocycles. The van der Waals surface area contributed by atoms with Crippen LogP contribution in [0.4, 0.5) is 5.13 Å². The van der Waals surface area contributed by atoms with Crippen LogP contribution in [0.3, 0.4) is 0 Å². The molecule has 4 rings (SSSR count). The fourth-order valence-corrected chi connectivity index (χ4v) is 4.28. The number of furan rings is 1. The number of carbonyl (C=O) groups is 2. The van der Waals surface area contributed by atoms with Crippen LogP contribution in [-0.4, -0.2) is 59.3 Å². The highest BCUT2D eigenvalue weighted by Gasteiger charge is 2.25. The van der Waals surface area contributed by atoms with Crippen molar-refractivity contribution in [2.24, 2.45) is 0 Å². The lowest BCUT2D eigenvalue weighted by Crippen LogP contribution is -2.50. The fourth-order valence-electron chi connectivity index (χ4n) is 3.54. The van der Waals surface area contributed by atoms with Gasteiger partial charge in [-0.1, -0.05) is 12.1 Å². The van der Waals surface area contributed by atoms with Gasteiger partial charge in [0, 0.05) is 37.1 Å². The lowest BCUT2D eigenvalue weighted by molar-refractivity contribution is -0.117. The smallest absolute Gasteiger partial charge is 0.289 e. The van der Waals surface area contributed by atoms with E-state index in [2.05, 4.69) is 36.3 Å². The minimum Gasteiger partial charge on any atom is -0.456 e. The summed E-state index contributed by atoms with van der Waals surface area (Å²) in [7, 11) is 0. The molecule has 2 amide bonds. The first-order valence-electron chi connectivity index (χ1n) is 10.3. The maximum Gasteiger partial charge on any atom is 0.289 e. The summed E-state index contributed by atoms with van der Waals surface area (Å²) in [6.07, 6.45) is 0. The second kappa shape index (κ2) is 9.03. The van der Waals surface area contributed by atoms with Crippen LogP contribution in [0.2, 0.25) is 0 Å². The minimum absolute atomic E-state index is 0.0950. The summed E-state index contributed by atoms with van der Waals surface area (Å²) in [4.78, 5) is 33.3. The molecule has 0 spiro atoms. The maximum atomic E-state index is 12.5. The number of amides is 2. The quantitative estimate of drug-likeness (QED) is 0.657. The van der Waals surface area contributed by atoms with Crippen LogP contribution in [-0.2, 0) is 4.79 Å². The van der Waals surface area contributed by atoms with Gasteiger partial charge in [0.05, 0.1) is 12.2 Å². The van der Waals surface area contributed by atoms with E-state index in [1.165, 1.54) is 22.5 Å². The molecule has 0 radical (unpaired) electrons. The Labute approximate surface area is 185 Å². The Morgan fingerprint density at radius 3 is 2.52 bits per heavy atom. The number of hydrogen-bond acceptors (Lipinski definition) is 6. The molecule has 0 aliphatic carbocycles. The monoisotopic (exact) mass is 438 g/mol. The largest absolute Gasteiger partial charge is 0.456 e. The van der Waals surface area contributed by atoms with Gasteiger partial charge >= 0.3 is 0 Å². The molecule has 0 unspecified atom stereocenters. The Hall–Kier alpha value is -2.97. The Kier molecular flexibility index (Phi) is 6.20. The van der Waals surface area contributed by atoms with Gasteiger partial charge in [-0.25, -0.2) is 4.98 Å². The molecule has 31 heavy (non-hydrogen) atoms. The van der Waals surface area contributed by atoms with Crippen LogP contribution >= 0.6 is 11.3 Å². The average molecular weight is 439 g/mol. The van der Waals surface area contributed by atoms with Crippen molar-refractivity contribution in [1.29, 1.82) is 0 Å². The van der Waals surface area contributed by atoms with E-state index in [9.17, 15) is 9.59 Å². The van der Waals surface area contributed by atoms with Gasteiger partial charge in [-0.05, 0) is 50.1 Å². The first-order chi connectivity index (χ1) is 14.9. The lowest BCUT2D eigenvalue weighted by Gasteiger charge is -2.33. The van der Waals surface area contributed by atoms with Crippen molar-refractivity contribution in [2.75, 3.05) is 38.0 Å². The Morgan fingerprint density at radius 1 is 1.06 bits per heavy atom. The van der Waals surface area contributed by atoms with Crippen molar-refractivity contribution in [1.82, 2.24) is 14.8 Å². The zero-order valence-corrected chi connectivity index (χ0v) is 18.8. The number of rotatable bonds is 5. The molecule has 2 aromatic heterocycles. The van der Waals surface area contributed by atoms with E-state index in [1.54, 1.807) is 17.0 Å². The number of hydrogen-bond donors (Lipinski definition) is 1. The molecule has 0 bridgehead atoms. The van der Waals surface area contributed by atoms with E-state index in [0.717, 1.165) is 17.0 Å². The van der Waals surface area contributed by atoms with E-state index in [4.69, 9.17) is 4.42 Å². The summed E-state index contributed by atoms with van der Waals surface area (Å²) >= 11 is 1.42. The van der Waals surface area contributed by atoms with Crippen LogP contribution in [0, 0.1) is 20.8 Å². The first kappa shape index (κ1) is 21.3. The maximum absolute atomic E-state index is 12.5. The standard InChI is InChI=1S/C23H26N4O3S/c1-15-4-6-18(12-16(15)2)19-14-31-23(24-19)25-21(28)13-26-8-10-27(11-9-26)22(29)20-7-5-17(3)30-20/h4-7,12,14H,8-11,13H2,1-3H3,(H,24,25,28). The van der Waals surface area contributed by atoms with Crippen LogP contribution in [0.15, 0.2) is 40.1 Å². The SMILES string of the molecule is Cc1ccc(C(=O)N2CCN(CC(=O)Nc3nc(-c4ccc(C)c(C)c4)cs3)CC2)o1. The number of piperazine rings is 1. The van der Waals surface area contributed by atoms with E-state index < -0.39 is 0 Å². The number of nitrogens with zero attached hydrogens (tertiary/aromatic N) is 3. The minimum atomic E-state index is -0.0983. The number of benzene rings is 1. The predicted octanol–water partition coefficient (Wildman–Crippen LogP) is 3.72. The molecule has 0 saturated carbocycles. The predicted molar refractivity (Wildman–Crippen MR) is 121 cm³/mol. The third-order valence-electron chi connectivity index (χ3n) is 5.53. The van der Waals surface area contributed by atoms with E-state index >= 15 is 0 Å². The average Bonchev–Trinajstić information content (AvgIpc) is 3.39. The van der Waals surface area contributed by atoms with Gasteiger partial charge in [0.1, 0.15) is 5.76 Å². The zero-order chi connectivity index (χ0) is 22.0. The van der Waals surface area contributed by atoms with Crippen LogP contribution in [0.1, 0.15) is 27.4 Å². The van der Waals surface area contributed by atoms with Gasteiger partial charge in [0.15, 0.2) is 10.9 Å². The van der Waals surface area contributed by atoms with Crippen molar-refractivity contribution < 1.29 is 14.0 Å². The Morgan fingerprint density at radius 2 is 1.84 bits per heavy atom. The molecule has 3 heterocycles. The number of carbonyl (C=O) groups excluding carboxylic acids is 2. The van der Waals surface area contributed by atoms with E-state index in [0.29, 0.717) is 37.1 Å². The molecule has 1 fully saturated rings. The fraction of sp³-hybridized carbons (Fsp3) is 0.348. The molecule has 0 atom stereocenters. The Balaban J connectivity index is 1.27. The van der Waals surface area contributed by atoms with Gasteiger partial charge in [0.25, 0.3) is 5.91 Å². The third kappa shape index (κ3) is 5.03. The summed E-state index contributed by atoms with van der Waals surface area (Å²) in [6, 6.07) is 9.74. The van der Waals surface area contributed by atoms with Gasteiger partial charge in [-0.3, -0.25) is 14.5 Å². The molecule has 1 aliphatic rings. The second-order valence-corrected chi connectivity index (χ2v) is 8.72. The molecule has 1 aliphatic heterocycles. The second-order valence-electron chi connectivity index (χ2n) is 7.86. The summed E-state index contributed by atoms with van der Waals surface area (Å²) in [5.41, 5.74) is 4.38. The molecular formula is C23H26N4O3S. The van der Waals surface area contributed by atoms with Gasteiger partial charge in [0.2, 0.25) is 5.91 Å². The van der Waals surface area contributed by atoms with Crippen molar-refractivity contribution in [2.45, 2.75) is 20.8 Å². The van der Waals surface area contributed by atoms with Gasteiger partial charge in [-0.15, -0.1) is 11.3 Å². The molecule has 1 N–H and O–H groups in total. The van der Waals surface area contributed by atoms with Gasteiger partial charge in [-0.2, -0.15) is 0 Å². The molecule has 7 nitrogen and oxygen atoms in total. The molecular weight excluding hydrogens is 412 g/mol. The van der Waals surface area contributed by atoms with Crippen LogP contribution in [0.25, 0.3) is 11.3 Å². The number of aryl methyl sites for hydroxylation is 3. The lowest BCUT2D eigenvalue weighted by atomic mass is 10.1. The highest BCUT2D eigenvalue weighted by molar-refractivity contribution is 7.14. The number of anilines is 1. The highest BCUT2D eigenvalue weighted by atomic mass is 32.1. The van der Waals surface area contributed by atoms with Crippen molar-refractivity contribution in [3.05, 3.63) is 58.4 Å². The van der Waals surface area contributed by atoms with Crippen molar-refractivity contribution >= 4 is 28.3 Å². The normalized spacial score (nSPS) is 14.6. The molecule has 3 aromatic rings. The van der Waals surface area contributed by atoms with Crippen LogP contribution < -0.4 is 5.32 Å². The molecule has 1 aromatic carbocycles. The summed E-state index contributed by atoms with van der Waals surface area (Å²) < 4.78 is 5.43. The topological polar surface area (TPSA) is 78.7 Å². The molecule has 162 valence electrons. The van der Waals surface area contributed by atoms with E-state index in [-0.39, 0.29) is 18.4 Å². The van der Waals surface area contributed by atoms with Crippen LogP contribution in [0.5, 0.6) is 0 Å². The van der Waals surface area contributed by atoms with Crippen molar-refractivity contribution in [3.8, 4) is 11.3 Å². The third-order valence-corrected chi connectivity index (χ3v) is 6.29. The highest BCUT2D eigenvalue weighted by Crippen LogP contribution is 2.26. The van der Waals surface area contributed by atoms with Gasteiger partial charge < -0.3 is 14.6 Å². The summed E-state index contributed by atoms with van der Waals surface area (Å²) in [6.45, 7) is 8.69. The van der Waals surface area contributed by atoms with E-state index in [1.807, 2.05) is 23.3 Å². The molecule has 8 heteroatoms. The number of nitrogens with one attached hydrogen (secondary N) is 1. The Bertz CT molecular complexity index is 1100. The number of thiazole rings is 1.